The number of rotatable bonds is 6. The molecule has 0 saturated heterocycles. The molecule has 0 radical (unpaired) electrons. The van der Waals surface area contributed by atoms with Crippen LogP contribution in [0.4, 0.5) is 22.0 Å². The van der Waals surface area contributed by atoms with Gasteiger partial charge in [-0.3, -0.25) is 9.35 Å². The third-order valence-corrected chi connectivity index (χ3v) is 5.15. The second-order valence-corrected chi connectivity index (χ2v) is 8.28. The fourth-order valence-corrected chi connectivity index (χ4v) is 3.00. The molecule has 1 atom stereocenters. The summed E-state index contributed by atoms with van der Waals surface area (Å²) in [6, 6.07) is 0. The van der Waals surface area contributed by atoms with Gasteiger partial charge in [0.2, 0.25) is 0 Å². The van der Waals surface area contributed by atoms with E-state index in [2.05, 4.69) is 11.3 Å². The van der Waals surface area contributed by atoms with Crippen molar-refractivity contribution in [2.75, 3.05) is 0 Å². The zero-order valence-electron chi connectivity index (χ0n) is 14.9. The number of carbonyl (C=O) groups is 2. The highest BCUT2D eigenvalue weighted by molar-refractivity contribution is 7.86. The molecule has 1 fully saturated rings. The van der Waals surface area contributed by atoms with E-state index in [1.807, 2.05) is 0 Å². The van der Waals surface area contributed by atoms with Gasteiger partial charge in [-0.25, -0.2) is 4.79 Å². The molecule has 28 heavy (non-hydrogen) atoms. The fourth-order valence-electron chi connectivity index (χ4n) is 2.55. The van der Waals surface area contributed by atoms with Crippen molar-refractivity contribution >= 4 is 22.1 Å². The van der Waals surface area contributed by atoms with E-state index in [1.165, 1.54) is 13.8 Å². The third-order valence-electron chi connectivity index (χ3n) is 4.24. The van der Waals surface area contributed by atoms with Crippen molar-refractivity contribution < 1.29 is 54.0 Å². The molecule has 1 unspecified atom stereocenters. The molecule has 0 spiro atoms. The molecule has 0 aromatic rings. The van der Waals surface area contributed by atoms with Crippen molar-refractivity contribution in [3.63, 3.8) is 0 Å². The number of halogens is 5. The van der Waals surface area contributed by atoms with E-state index in [1.54, 1.807) is 0 Å². The Hall–Kier alpha value is -1.76. The van der Waals surface area contributed by atoms with Crippen LogP contribution in [0.3, 0.4) is 0 Å². The van der Waals surface area contributed by atoms with Crippen LogP contribution in [-0.4, -0.2) is 48.0 Å². The van der Waals surface area contributed by atoms with E-state index in [0.29, 0.717) is 0 Å². The molecule has 13 heteroatoms. The normalized spacial score (nSPS) is 24.9. The zero-order valence-corrected chi connectivity index (χ0v) is 15.7. The monoisotopic (exact) mass is 438 g/mol. The van der Waals surface area contributed by atoms with Gasteiger partial charge < -0.3 is 9.47 Å². The molecular weight excluding hydrogens is 419 g/mol. The number of alkyl halides is 5. The van der Waals surface area contributed by atoms with Gasteiger partial charge in [0.15, 0.2) is 0 Å². The standard InChI is InChI=1S/C15H19F5O7S/c1-8(2)10(21)27-13(3)6-4-9(5-7-13)11(22)26-12(14(16,17)18)15(19,20)28(23,24)25/h9,12H,1,4-7H2,2-3H3,(H,23,24,25). The summed E-state index contributed by atoms with van der Waals surface area (Å²) < 4.78 is 104. The minimum absolute atomic E-state index is 0.0250. The first-order chi connectivity index (χ1) is 12.4. The highest BCUT2D eigenvalue weighted by atomic mass is 32.2. The summed E-state index contributed by atoms with van der Waals surface area (Å²) in [7, 11) is -6.50. The molecule has 1 rings (SSSR count). The highest BCUT2D eigenvalue weighted by Gasteiger charge is 2.66. The van der Waals surface area contributed by atoms with Gasteiger partial charge in [0, 0.05) is 5.57 Å². The van der Waals surface area contributed by atoms with E-state index < -0.39 is 51.1 Å². The van der Waals surface area contributed by atoms with Crippen LogP contribution < -0.4 is 0 Å². The maximum Gasteiger partial charge on any atom is 0.432 e. The first-order valence-electron chi connectivity index (χ1n) is 7.91. The summed E-state index contributed by atoms with van der Waals surface area (Å²) in [5, 5.41) is -5.78. The van der Waals surface area contributed by atoms with Crippen molar-refractivity contribution in [3.8, 4) is 0 Å². The predicted octanol–water partition coefficient (Wildman–Crippen LogP) is 3.01. The molecule has 1 N–H and O–H groups in total. The Morgan fingerprint density at radius 1 is 1.18 bits per heavy atom. The average molecular weight is 438 g/mol. The maximum absolute atomic E-state index is 13.5. The van der Waals surface area contributed by atoms with Crippen LogP contribution in [0.25, 0.3) is 0 Å². The lowest BCUT2D eigenvalue weighted by atomic mass is 9.79. The summed E-state index contributed by atoms with van der Waals surface area (Å²) in [6.45, 7) is 6.33. The Kier molecular flexibility index (Phi) is 6.88. The minimum atomic E-state index is -6.50. The van der Waals surface area contributed by atoms with Crippen LogP contribution in [0.5, 0.6) is 0 Å². The number of ether oxygens (including phenoxy) is 2. The fraction of sp³-hybridized carbons (Fsp3) is 0.733. The molecule has 0 aliphatic heterocycles. The minimum Gasteiger partial charge on any atom is -0.456 e. The SMILES string of the molecule is C=C(C)C(=O)OC1(C)CCC(C(=O)OC(C(F)(F)F)C(F)(F)S(=O)(=O)O)CC1. The molecule has 0 heterocycles. The summed E-state index contributed by atoms with van der Waals surface area (Å²) in [4.78, 5) is 23.5. The lowest BCUT2D eigenvalue weighted by molar-refractivity contribution is -0.261. The van der Waals surface area contributed by atoms with Gasteiger partial charge in [-0.2, -0.15) is 30.4 Å². The Balaban J connectivity index is 2.87. The Morgan fingerprint density at radius 3 is 2.00 bits per heavy atom. The van der Waals surface area contributed by atoms with Crippen LogP contribution in [0, 0.1) is 5.92 Å². The van der Waals surface area contributed by atoms with Gasteiger partial charge in [-0.05, 0) is 39.5 Å². The van der Waals surface area contributed by atoms with E-state index >= 15 is 0 Å². The Morgan fingerprint density at radius 2 is 1.64 bits per heavy atom. The molecule has 0 aromatic carbocycles. The number of carbonyl (C=O) groups excluding carboxylic acids is 2. The lowest BCUT2D eigenvalue weighted by Gasteiger charge is -2.36. The molecule has 0 bridgehead atoms. The van der Waals surface area contributed by atoms with E-state index in [4.69, 9.17) is 9.29 Å². The molecular formula is C15H19F5O7S. The third kappa shape index (κ3) is 5.63. The van der Waals surface area contributed by atoms with Crippen LogP contribution >= 0.6 is 0 Å². The van der Waals surface area contributed by atoms with Gasteiger partial charge >= 0.3 is 33.5 Å². The van der Waals surface area contributed by atoms with Crippen LogP contribution in [0.1, 0.15) is 39.5 Å². The van der Waals surface area contributed by atoms with Crippen LogP contribution in [0.15, 0.2) is 12.2 Å². The van der Waals surface area contributed by atoms with Crippen molar-refractivity contribution in [1.29, 1.82) is 0 Å². The lowest BCUT2D eigenvalue weighted by Crippen LogP contribution is -2.53. The highest BCUT2D eigenvalue weighted by Crippen LogP contribution is 2.40. The molecule has 7 nitrogen and oxygen atoms in total. The summed E-state index contributed by atoms with van der Waals surface area (Å²) in [6.07, 6.45) is -10.6. The van der Waals surface area contributed by atoms with E-state index in [-0.39, 0.29) is 31.3 Å². The number of esters is 2. The number of hydrogen-bond acceptors (Lipinski definition) is 6. The Bertz CT molecular complexity index is 736. The smallest absolute Gasteiger partial charge is 0.432 e. The van der Waals surface area contributed by atoms with Crippen molar-refractivity contribution in [3.05, 3.63) is 12.2 Å². The zero-order chi connectivity index (χ0) is 22.1. The molecule has 0 amide bonds. The largest absolute Gasteiger partial charge is 0.456 e. The van der Waals surface area contributed by atoms with E-state index in [0.717, 1.165) is 0 Å². The average Bonchev–Trinajstić information content (AvgIpc) is 2.50. The van der Waals surface area contributed by atoms with Crippen molar-refractivity contribution in [2.24, 2.45) is 5.92 Å². The van der Waals surface area contributed by atoms with Gasteiger partial charge in [-0.15, -0.1) is 0 Å². The molecule has 1 saturated carbocycles. The second kappa shape index (κ2) is 7.93. The quantitative estimate of drug-likeness (QED) is 0.294. The molecule has 1 aliphatic carbocycles. The number of hydrogen-bond donors (Lipinski definition) is 1. The molecule has 162 valence electrons. The van der Waals surface area contributed by atoms with Gasteiger partial charge in [0.25, 0.3) is 6.10 Å². The van der Waals surface area contributed by atoms with Gasteiger partial charge in [0.05, 0.1) is 5.92 Å². The second-order valence-electron chi connectivity index (χ2n) is 6.79. The van der Waals surface area contributed by atoms with Crippen LogP contribution in [0.2, 0.25) is 0 Å². The first-order valence-corrected chi connectivity index (χ1v) is 9.35. The van der Waals surface area contributed by atoms with Crippen molar-refractivity contribution in [1.82, 2.24) is 0 Å². The van der Waals surface area contributed by atoms with Crippen molar-refractivity contribution in [2.45, 2.75) is 62.7 Å². The Labute approximate surface area is 157 Å². The maximum atomic E-state index is 13.5. The van der Waals surface area contributed by atoms with E-state index in [9.17, 15) is 40.0 Å². The summed E-state index contributed by atoms with van der Waals surface area (Å²) in [5.74, 6) is -3.65. The van der Waals surface area contributed by atoms with Gasteiger partial charge in [0.1, 0.15) is 5.60 Å². The summed E-state index contributed by atoms with van der Waals surface area (Å²) in [5.41, 5.74) is -0.919. The first kappa shape index (κ1) is 24.3. The molecule has 0 aromatic heterocycles. The predicted molar refractivity (Wildman–Crippen MR) is 83.7 cm³/mol. The topological polar surface area (TPSA) is 107 Å². The van der Waals surface area contributed by atoms with Gasteiger partial charge in [-0.1, -0.05) is 6.58 Å². The molecule has 1 aliphatic rings. The summed E-state index contributed by atoms with van der Waals surface area (Å²) >= 11 is 0. The van der Waals surface area contributed by atoms with Crippen LogP contribution in [-0.2, 0) is 29.2 Å².